The van der Waals surface area contributed by atoms with Gasteiger partial charge in [0.1, 0.15) is 11.8 Å². The molecule has 27 heavy (non-hydrogen) atoms. The highest BCUT2D eigenvalue weighted by molar-refractivity contribution is 6.88. The Morgan fingerprint density at radius 1 is 1.15 bits per heavy atom. The highest BCUT2D eigenvalue weighted by Crippen LogP contribution is 2.24. The average Bonchev–Trinajstić information content (AvgIpc) is 2.62. The molecular formula is C22H30N2O2Si. The maximum Gasteiger partial charge on any atom is 0.246 e. The molecule has 0 heterocycles. The van der Waals surface area contributed by atoms with Crippen molar-refractivity contribution in [3.8, 4) is 5.75 Å². The van der Waals surface area contributed by atoms with E-state index in [0.29, 0.717) is 6.54 Å². The monoisotopic (exact) mass is 382 g/mol. The van der Waals surface area contributed by atoms with Crippen molar-refractivity contribution in [3.63, 3.8) is 0 Å². The Morgan fingerprint density at radius 3 is 2.22 bits per heavy atom. The van der Waals surface area contributed by atoms with Gasteiger partial charge in [0.15, 0.2) is 0 Å². The fourth-order valence-electron chi connectivity index (χ4n) is 2.97. The number of hydrogen-bond donors (Lipinski definition) is 1. The number of nitrogens with one attached hydrogen (secondary N) is 1. The van der Waals surface area contributed by atoms with Crippen molar-refractivity contribution in [1.82, 2.24) is 4.90 Å². The van der Waals surface area contributed by atoms with E-state index in [2.05, 4.69) is 43.7 Å². The van der Waals surface area contributed by atoms with Crippen molar-refractivity contribution in [3.05, 3.63) is 66.7 Å². The molecule has 0 spiro atoms. The topological polar surface area (TPSA) is 41.6 Å². The second-order valence-electron chi connectivity index (χ2n) is 7.72. The maximum atomic E-state index is 13.1. The van der Waals surface area contributed by atoms with Gasteiger partial charge in [-0.2, -0.15) is 0 Å². The van der Waals surface area contributed by atoms with Crippen LogP contribution in [0.25, 0.3) is 0 Å². The first kappa shape index (κ1) is 20.9. The number of methoxy groups -OCH3 is 1. The van der Waals surface area contributed by atoms with E-state index in [1.807, 2.05) is 48.3 Å². The van der Waals surface area contributed by atoms with Gasteiger partial charge in [0, 0.05) is 12.2 Å². The molecule has 5 heteroatoms. The SMILES string of the molecule is C=CCN(C)C(C(=O)Nc1ccc([Si](C)(C)C)cc1)c1ccc(OC)cc1. The molecule has 0 fully saturated rings. The van der Waals surface area contributed by atoms with E-state index in [4.69, 9.17) is 4.74 Å². The highest BCUT2D eigenvalue weighted by Gasteiger charge is 2.25. The summed E-state index contributed by atoms with van der Waals surface area (Å²) in [5.41, 5.74) is 1.73. The van der Waals surface area contributed by atoms with Crippen LogP contribution in [0.4, 0.5) is 5.69 Å². The molecule has 4 nitrogen and oxygen atoms in total. The number of ether oxygens (including phenoxy) is 1. The Balaban J connectivity index is 2.23. The molecule has 0 saturated carbocycles. The number of benzene rings is 2. The van der Waals surface area contributed by atoms with Gasteiger partial charge < -0.3 is 10.1 Å². The fourth-order valence-corrected chi connectivity index (χ4v) is 4.13. The first-order valence-electron chi connectivity index (χ1n) is 9.12. The third-order valence-electron chi connectivity index (χ3n) is 4.56. The molecule has 2 aromatic carbocycles. The van der Waals surface area contributed by atoms with Crippen molar-refractivity contribution in [2.45, 2.75) is 25.7 Å². The molecule has 1 atom stereocenters. The lowest BCUT2D eigenvalue weighted by Crippen LogP contribution is -2.37. The van der Waals surface area contributed by atoms with E-state index in [1.54, 1.807) is 13.2 Å². The van der Waals surface area contributed by atoms with Gasteiger partial charge in [-0.1, -0.05) is 55.2 Å². The van der Waals surface area contributed by atoms with E-state index >= 15 is 0 Å². The molecule has 2 aromatic rings. The van der Waals surface area contributed by atoms with Crippen LogP contribution in [0.2, 0.25) is 19.6 Å². The van der Waals surface area contributed by atoms with E-state index < -0.39 is 14.1 Å². The summed E-state index contributed by atoms with van der Waals surface area (Å²) in [4.78, 5) is 15.0. The standard InChI is InChI=1S/C22H30N2O2Si/c1-7-16-24(2)21(17-8-12-19(26-3)13-9-17)22(25)23-18-10-14-20(15-11-18)27(4,5)6/h7-15,21H,1,16H2,2-6H3,(H,23,25). The molecule has 144 valence electrons. The molecule has 0 aliphatic carbocycles. The molecule has 2 rings (SSSR count). The zero-order valence-electron chi connectivity index (χ0n) is 17.0. The minimum absolute atomic E-state index is 0.0646. The summed E-state index contributed by atoms with van der Waals surface area (Å²) in [6.45, 7) is 11.3. The Labute approximate surface area is 163 Å². The molecule has 0 saturated heterocycles. The molecule has 0 radical (unpaired) electrons. The third kappa shape index (κ3) is 5.55. The van der Waals surface area contributed by atoms with Gasteiger partial charge >= 0.3 is 0 Å². The molecule has 1 N–H and O–H groups in total. The van der Waals surface area contributed by atoms with E-state index in [9.17, 15) is 4.79 Å². The van der Waals surface area contributed by atoms with Crippen molar-refractivity contribution in [2.75, 3.05) is 26.0 Å². The fraction of sp³-hybridized carbons (Fsp3) is 0.318. The summed E-state index contributed by atoms with van der Waals surface area (Å²) in [6.07, 6.45) is 1.80. The van der Waals surface area contributed by atoms with Crippen LogP contribution >= 0.6 is 0 Å². The summed E-state index contributed by atoms with van der Waals surface area (Å²) in [5.74, 6) is 0.705. The van der Waals surface area contributed by atoms with Gasteiger partial charge in [0.05, 0.1) is 15.2 Å². The van der Waals surface area contributed by atoms with Crippen LogP contribution in [0.1, 0.15) is 11.6 Å². The average molecular weight is 383 g/mol. The summed E-state index contributed by atoms with van der Waals surface area (Å²) in [7, 11) is 2.20. The van der Waals surface area contributed by atoms with Crippen LogP contribution in [0, 0.1) is 0 Å². The number of nitrogens with zero attached hydrogens (tertiary/aromatic N) is 1. The summed E-state index contributed by atoms with van der Waals surface area (Å²) < 4.78 is 5.22. The van der Waals surface area contributed by atoms with Crippen LogP contribution in [-0.4, -0.2) is 39.6 Å². The minimum Gasteiger partial charge on any atom is -0.497 e. The normalized spacial score (nSPS) is 12.5. The van der Waals surface area contributed by atoms with Crippen molar-refractivity contribution < 1.29 is 9.53 Å². The van der Waals surface area contributed by atoms with Gasteiger partial charge in [0.2, 0.25) is 5.91 Å². The second-order valence-corrected chi connectivity index (χ2v) is 12.8. The van der Waals surface area contributed by atoms with Crippen LogP contribution in [0.3, 0.4) is 0 Å². The molecule has 0 aliphatic rings. The van der Waals surface area contributed by atoms with Crippen LogP contribution in [0.15, 0.2) is 61.2 Å². The molecule has 1 amide bonds. The molecular weight excluding hydrogens is 352 g/mol. The van der Waals surface area contributed by atoms with Crippen LogP contribution in [-0.2, 0) is 4.79 Å². The van der Waals surface area contributed by atoms with Crippen LogP contribution in [0.5, 0.6) is 5.75 Å². The second kappa shape index (κ2) is 9.02. The van der Waals surface area contributed by atoms with Crippen LogP contribution < -0.4 is 15.2 Å². The maximum absolute atomic E-state index is 13.1. The lowest BCUT2D eigenvalue weighted by molar-refractivity contribution is -0.120. The first-order chi connectivity index (χ1) is 12.8. The number of amides is 1. The number of carbonyl (C=O) groups is 1. The van der Waals surface area contributed by atoms with E-state index in [0.717, 1.165) is 17.0 Å². The molecule has 0 aromatic heterocycles. The predicted octanol–water partition coefficient (Wildman–Crippen LogP) is 4.04. The van der Waals surface area contributed by atoms with Gasteiger partial charge in [-0.05, 0) is 36.9 Å². The summed E-state index contributed by atoms with van der Waals surface area (Å²) >= 11 is 0. The molecule has 0 bridgehead atoms. The third-order valence-corrected chi connectivity index (χ3v) is 6.62. The van der Waals surface area contributed by atoms with Crippen molar-refractivity contribution in [2.24, 2.45) is 0 Å². The van der Waals surface area contributed by atoms with E-state index in [1.165, 1.54) is 5.19 Å². The Kier molecular flexibility index (Phi) is 6.99. The number of likely N-dealkylation sites (N-methyl/N-ethyl adjacent to an activating group) is 1. The Bertz CT molecular complexity index is 764. The predicted molar refractivity (Wildman–Crippen MR) is 117 cm³/mol. The smallest absolute Gasteiger partial charge is 0.246 e. The highest BCUT2D eigenvalue weighted by atomic mass is 28.3. The van der Waals surface area contributed by atoms with Gasteiger partial charge in [-0.25, -0.2) is 0 Å². The summed E-state index contributed by atoms with van der Waals surface area (Å²) in [6, 6.07) is 15.4. The van der Waals surface area contributed by atoms with Crippen molar-refractivity contribution in [1.29, 1.82) is 0 Å². The van der Waals surface area contributed by atoms with E-state index in [-0.39, 0.29) is 5.91 Å². The molecule has 1 unspecified atom stereocenters. The molecule has 0 aliphatic heterocycles. The lowest BCUT2D eigenvalue weighted by Gasteiger charge is -2.27. The lowest BCUT2D eigenvalue weighted by atomic mass is 10.0. The Hall–Kier alpha value is -2.37. The largest absolute Gasteiger partial charge is 0.497 e. The summed E-state index contributed by atoms with van der Waals surface area (Å²) in [5, 5.41) is 4.43. The first-order valence-corrected chi connectivity index (χ1v) is 12.6. The zero-order chi connectivity index (χ0) is 20.0. The quantitative estimate of drug-likeness (QED) is 0.553. The van der Waals surface area contributed by atoms with Gasteiger partial charge in [-0.3, -0.25) is 9.69 Å². The van der Waals surface area contributed by atoms with Crippen molar-refractivity contribution >= 4 is 24.9 Å². The minimum atomic E-state index is -1.35. The van der Waals surface area contributed by atoms with Gasteiger partial charge in [-0.15, -0.1) is 6.58 Å². The number of anilines is 1. The number of rotatable bonds is 8. The number of carbonyl (C=O) groups excluding carboxylic acids is 1. The zero-order valence-corrected chi connectivity index (χ0v) is 18.0. The number of hydrogen-bond acceptors (Lipinski definition) is 3. The van der Waals surface area contributed by atoms with Gasteiger partial charge in [0.25, 0.3) is 0 Å². The Morgan fingerprint density at radius 2 is 1.74 bits per heavy atom.